The average Bonchev–Trinajstić information content (AvgIpc) is 2.60. The van der Waals surface area contributed by atoms with E-state index in [1.54, 1.807) is 4.90 Å². The van der Waals surface area contributed by atoms with Crippen LogP contribution in [0.15, 0.2) is 24.3 Å². The van der Waals surface area contributed by atoms with Gasteiger partial charge in [0.05, 0.1) is 12.6 Å². The van der Waals surface area contributed by atoms with Gasteiger partial charge in [-0.05, 0) is 25.3 Å². The van der Waals surface area contributed by atoms with Gasteiger partial charge in [-0.3, -0.25) is 4.79 Å². The van der Waals surface area contributed by atoms with Crippen LogP contribution >= 0.6 is 0 Å². The number of rotatable bonds is 1. The third-order valence-corrected chi connectivity index (χ3v) is 4.07. The van der Waals surface area contributed by atoms with Crippen LogP contribution in [0.2, 0.25) is 0 Å². The summed E-state index contributed by atoms with van der Waals surface area (Å²) in [5.41, 5.74) is 0.250. The fourth-order valence-corrected chi connectivity index (χ4v) is 2.71. The molecule has 0 N–H and O–H groups in total. The third-order valence-electron chi connectivity index (χ3n) is 4.07. The first kappa shape index (κ1) is 12.0. The summed E-state index contributed by atoms with van der Waals surface area (Å²) in [7, 11) is 0. The van der Waals surface area contributed by atoms with Gasteiger partial charge in [0, 0.05) is 12.1 Å². The van der Waals surface area contributed by atoms with Crippen LogP contribution in [0, 0.1) is 16.7 Å². The lowest BCUT2D eigenvalue weighted by atomic mass is 9.69. The first-order chi connectivity index (χ1) is 9.25. The van der Waals surface area contributed by atoms with E-state index in [2.05, 4.69) is 6.07 Å². The molecule has 0 spiro atoms. The lowest BCUT2D eigenvalue weighted by molar-refractivity contribution is -0.143. The Kier molecular flexibility index (Phi) is 2.90. The second kappa shape index (κ2) is 4.58. The molecule has 1 aliphatic heterocycles. The molecule has 0 saturated heterocycles. The Morgan fingerprint density at radius 2 is 2.16 bits per heavy atom. The summed E-state index contributed by atoms with van der Waals surface area (Å²) in [4.78, 5) is 14.3. The van der Waals surface area contributed by atoms with Crippen molar-refractivity contribution < 1.29 is 9.53 Å². The van der Waals surface area contributed by atoms with Gasteiger partial charge in [-0.2, -0.15) is 5.26 Å². The van der Waals surface area contributed by atoms with Crippen molar-refractivity contribution >= 4 is 5.91 Å². The van der Waals surface area contributed by atoms with Gasteiger partial charge in [-0.25, -0.2) is 0 Å². The number of para-hydroxylation sites is 1. The predicted molar refractivity (Wildman–Crippen MR) is 69.3 cm³/mol. The van der Waals surface area contributed by atoms with Gasteiger partial charge in [-0.1, -0.05) is 18.2 Å². The van der Waals surface area contributed by atoms with E-state index in [0.717, 1.165) is 17.7 Å². The third kappa shape index (κ3) is 1.95. The van der Waals surface area contributed by atoms with Gasteiger partial charge in [0.15, 0.2) is 0 Å². The number of hydrogen-bond donors (Lipinski definition) is 0. The van der Waals surface area contributed by atoms with Crippen LogP contribution in [0.1, 0.15) is 24.8 Å². The number of nitrogens with zero attached hydrogens (tertiary/aromatic N) is 2. The summed E-state index contributed by atoms with van der Waals surface area (Å²) in [5, 5.41) is 9.27. The molecule has 0 bridgehead atoms. The Balaban J connectivity index is 1.83. The molecule has 3 rings (SSSR count). The van der Waals surface area contributed by atoms with E-state index in [1.165, 1.54) is 0 Å². The summed E-state index contributed by atoms with van der Waals surface area (Å²) in [6, 6.07) is 9.99. The summed E-state index contributed by atoms with van der Waals surface area (Å²) in [6.07, 6.45) is 2.36. The highest BCUT2D eigenvalue weighted by Gasteiger charge is 2.47. The standard InChI is InChI=1S/C15H16N2O2/c16-11-15(6-3-7-15)14(18)17-8-9-19-13-5-2-1-4-12(13)10-17/h1-2,4-5H,3,6-10H2. The topological polar surface area (TPSA) is 53.3 Å². The quantitative estimate of drug-likeness (QED) is 0.773. The van der Waals surface area contributed by atoms with E-state index in [1.807, 2.05) is 24.3 Å². The summed E-state index contributed by atoms with van der Waals surface area (Å²) in [6.45, 7) is 1.58. The zero-order chi connectivity index (χ0) is 13.3. The van der Waals surface area contributed by atoms with Crippen molar-refractivity contribution in [2.75, 3.05) is 13.2 Å². The van der Waals surface area contributed by atoms with Crippen molar-refractivity contribution in [1.82, 2.24) is 4.90 Å². The van der Waals surface area contributed by atoms with Gasteiger partial charge in [0.1, 0.15) is 17.8 Å². The fourth-order valence-electron chi connectivity index (χ4n) is 2.71. The van der Waals surface area contributed by atoms with Crippen LogP contribution in [0.5, 0.6) is 5.75 Å². The molecular weight excluding hydrogens is 240 g/mol. The normalized spacial score (nSPS) is 20.3. The molecule has 1 aromatic carbocycles. The molecule has 0 aromatic heterocycles. The Morgan fingerprint density at radius 1 is 1.37 bits per heavy atom. The molecule has 4 heteroatoms. The SMILES string of the molecule is N#CC1(C(=O)N2CCOc3ccccc3C2)CCC1. The van der Waals surface area contributed by atoms with Crippen LogP contribution in [0.3, 0.4) is 0 Å². The zero-order valence-corrected chi connectivity index (χ0v) is 10.8. The second-order valence-corrected chi connectivity index (χ2v) is 5.23. The molecule has 2 aliphatic rings. The first-order valence-corrected chi connectivity index (χ1v) is 6.66. The lowest BCUT2D eigenvalue weighted by Gasteiger charge is -2.37. The number of fused-ring (bicyclic) bond motifs is 1. The summed E-state index contributed by atoms with van der Waals surface area (Å²) < 4.78 is 5.65. The maximum Gasteiger partial charge on any atom is 0.243 e. The lowest BCUT2D eigenvalue weighted by Crippen LogP contribution is -2.47. The van der Waals surface area contributed by atoms with Gasteiger partial charge in [0.25, 0.3) is 0 Å². The molecule has 0 atom stereocenters. The molecule has 19 heavy (non-hydrogen) atoms. The maximum absolute atomic E-state index is 12.5. The van der Waals surface area contributed by atoms with Crippen LogP contribution in [0.4, 0.5) is 0 Å². The smallest absolute Gasteiger partial charge is 0.243 e. The van der Waals surface area contributed by atoms with E-state index < -0.39 is 5.41 Å². The van der Waals surface area contributed by atoms with Crippen molar-refractivity contribution in [3.63, 3.8) is 0 Å². The molecule has 1 saturated carbocycles. The van der Waals surface area contributed by atoms with E-state index >= 15 is 0 Å². The Bertz CT molecular complexity index is 543. The summed E-state index contributed by atoms with van der Waals surface area (Å²) >= 11 is 0. The molecule has 1 heterocycles. The molecule has 0 radical (unpaired) electrons. The van der Waals surface area contributed by atoms with Crippen LogP contribution < -0.4 is 4.74 Å². The monoisotopic (exact) mass is 256 g/mol. The van der Waals surface area contributed by atoms with E-state index in [9.17, 15) is 10.1 Å². The van der Waals surface area contributed by atoms with E-state index in [-0.39, 0.29) is 5.91 Å². The van der Waals surface area contributed by atoms with Crippen molar-refractivity contribution in [1.29, 1.82) is 5.26 Å². The molecule has 4 nitrogen and oxygen atoms in total. The highest BCUT2D eigenvalue weighted by atomic mass is 16.5. The number of benzene rings is 1. The molecule has 1 fully saturated rings. The molecule has 0 unspecified atom stereocenters. The number of amides is 1. The largest absolute Gasteiger partial charge is 0.491 e. The Morgan fingerprint density at radius 3 is 2.84 bits per heavy atom. The van der Waals surface area contributed by atoms with Gasteiger partial charge in [-0.15, -0.1) is 0 Å². The number of carbonyl (C=O) groups excluding carboxylic acids is 1. The van der Waals surface area contributed by atoms with Crippen LogP contribution in [-0.2, 0) is 11.3 Å². The fraction of sp³-hybridized carbons (Fsp3) is 0.467. The van der Waals surface area contributed by atoms with Crippen molar-refractivity contribution in [2.45, 2.75) is 25.8 Å². The minimum atomic E-state index is -0.765. The molecule has 1 aliphatic carbocycles. The minimum Gasteiger partial charge on any atom is -0.491 e. The molecule has 1 amide bonds. The van der Waals surface area contributed by atoms with Crippen molar-refractivity contribution in [3.05, 3.63) is 29.8 Å². The highest BCUT2D eigenvalue weighted by molar-refractivity contribution is 5.86. The first-order valence-electron chi connectivity index (χ1n) is 6.66. The average molecular weight is 256 g/mol. The number of ether oxygens (including phenoxy) is 1. The molecule has 98 valence electrons. The van der Waals surface area contributed by atoms with Crippen molar-refractivity contribution in [3.8, 4) is 11.8 Å². The number of nitriles is 1. The van der Waals surface area contributed by atoms with E-state index in [4.69, 9.17) is 4.74 Å². The number of carbonyl (C=O) groups is 1. The predicted octanol–water partition coefficient (Wildman–Crippen LogP) is 2.10. The number of hydrogen-bond acceptors (Lipinski definition) is 3. The molecule has 1 aromatic rings. The van der Waals surface area contributed by atoms with Crippen LogP contribution in [0.25, 0.3) is 0 Å². The van der Waals surface area contributed by atoms with Gasteiger partial charge in [0.2, 0.25) is 5.91 Å². The highest BCUT2D eigenvalue weighted by Crippen LogP contribution is 2.42. The van der Waals surface area contributed by atoms with Gasteiger partial charge < -0.3 is 9.64 Å². The van der Waals surface area contributed by atoms with Gasteiger partial charge >= 0.3 is 0 Å². The minimum absolute atomic E-state index is 0.0263. The second-order valence-electron chi connectivity index (χ2n) is 5.23. The van der Waals surface area contributed by atoms with Crippen molar-refractivity contribution in [2.24, 2.45) is 5.41 Å². The zero-order valence-electron chi connectivity index (χ0n) is 10.8. The Labute approximate surface area is 112 Å². The summed E-state index contributed by atoms with van der Waals surface area (Å²) in [5.74, 6) is 0.818. The maximum atomic E-state index is 12.5. The Hall–Kier alpha value is -2.02. The van der Waals surface area contributed by atoms with E-state index in [0.29, 0.717) is 32.5 Å². The van der Waals surface area contributed by atoms with Crippen LogP contribution in [-0.4, -0.2) is 24.0 Å². The molecular formula is C15H16N2O2.